The van der Waals surface area contributed by atoms with Gasteiger partial charge < -0.3 is 18.7 Å². The number of carbonyl (C=O) groups excluding carboxylic acids is 1. The van der Waals surface area contributed by atoms with Crippen molar-refractivity contribution in [1.82, 2.24) is 5.09 Å². The topological polar surface area (TPSA) is 83.1 Å². The van der Waals surface area contributed by atoms with E-state index in [0.717, 1.165) is 11.1 Å². The molecule has 0 aliphatic rings. The van der Waals surface area contributed by atoms with E-state index in [9.17, 15) is 9.36 Å². The van der Waals surface area contributed by atoms with Gasteiger partial charge in [-0.3, -0.25) is 9.36 Å². The molecule has 0 aliphatic heterocycles. The molecule has 0 aliphatic carbocycles. The lowest BCUT2D eigenvalue weighted by Crippen LogP contribution is -2.36. The molecule has 8 heteroatoms. The van der Waals surface area contributed by atoms with Crippen molar-refractivity contribution in [2.75, 3.05) is 33.8 Å². The van der Waals surface area contributed by atoms with E-state index in [0.29, 0.717) is 12.4 Å². The van der Waals surface area contributed by atoms with Crippen LogP contribution >= 0.6 is 7.52 Å². The molecule has 0 heterocycles. The van der Waals surface area contributed by atoms with Gasteiger partial charge in [0.25, 0.3) is 0 Å². The van der Waals surface area contributed by atoms with Gasteiger partial charge in [0, 0.05) is 14.2 Å². The number of benzene rings is 1. The molecule has 0 fully saturated rings. The summed E-state index contributed by atoms with van der Waals surface area (Å²) in [5.74, 6) is 0.417. The summed E-state index contributed by atoms with van der Waals surface area (Å²) in [5, 5.41) is 2.79. The Morgan fingerprint density at radius 3 is 2.04 bits per heavy atom. The fourth-order valence-electron chi connectivity index (χ4n) is 2.69. The molecule has 0 bridgehead atoms. The number of nitrogens with one attached hydrogen (secondary N) is 1. The van der Waals surface area contributed by atoms with Crippen LogP contribution in [0.3, 0.4) is 0 Å². The molecule has 0 saturated heterocycles. The normalized spacial score (nSPS) is 14.8. The van der Waals surface area contributed by atoms with Crippen LogP contribution in [0.5, 0.6) is 5.75 Å². The van der Waals surface area contributed by atoms with Gasteiger partial charge in [-0.2, -0.15) is 0 Å². The maximum atomic E-state index is 13.5. The van der Waals surface area contributed by atoms with Crippen LogP contribution in [-0.2, 0) is 23.6 Å². The maximum absolute atomic E-state index is 13.5. The first-order chi connectivity index (χ1) is 13.1. The highest BCUT2D eigenvalue weighted by atomic mass is 31.2. The molecule has 1 N–H and O–H groups in total. The van der Waals surface area contributed by atoms with Gasteiger partial charge in [-0.1, -0.05) is 45.9 Å². The Labute approximate surface area is 168 Å². The summed E-state index contributed by atoms with van der Waals surface area (Å²) < 4.78 is 34.6. The van der Waals surface area contributed by atoms with Gasteiger partial charge in [0.05, 0.1) is 6.61 Å². The SMILES string of the molecule is COCCOC(=O)[C@H](C)NP(=O)(COC)Oc1c(C(C)C)cccc1C(C)C. The van der Waals surface area contributed by atoms with Crippen LogP contribution in [0, 0.1) is 0 Å². The fourth-order valence-corrected chi connectivity index (χ4v) is 4.42. The first-order valence-electron chi connectivity index (χ1n) is 9.49. The van der Waals surface area contributed by atoms with E-state index >= 15 is 0 Å². The van der Waals surface area contributed by atoms with Crippen molar-refractivity contribution in [2.45, 2.75) is 52.5 Å². The average Bonchev–Trinajstić information content (AvgIpc) is 2.61. The fraction of sp³-hybridized carbons (Fsp3) is 0.650. The number of carbonyl (C=O) groups is 1. The summed E-state index contributed by atoms with van der Waals surface area (Å²) in [5.41, 5.74) is 1.92. The van der Waals surface area contributed by atoms with Gasteiger partial charge in [-0.15, -0.1) is 0 Å². The van der Waals surface area contributed by atoms with Crippen molar-refractivity contribution < 1.29 is 28.1 Å². The number of esters is 1. The summed E-state index contributed by atoms with van der Waals surface area (Å²) in [7, 11) is -0.564. The third-order valence-electron chi connectivity index (χ3n) is 4.13. The minimum atomic E-state index is -3.53. The zero-order valence-corrected chi connectivity index (χ0v) is 18.9. The summed E-state index contributed by atoms with van der Waals surface area (Å²) in [6.07, 6.45) is -0.174. The van der Waals surface area contributed by atoms with Crippen molar-refractivity contribution in [2.24, 2.45) is 0 Å². The highest BCUT2D eigenvalue weighted by Gasteiger charge is 2.32. The van der Waals surface area contributed by atoms with E-state index in [1.807, 2.05) is 18.2 Å². The minimum absolute atomic E-state index is 0.129. The highest BCUT2D eigenvalue weighted by molar-refractivity contribution is 7.57. The highest BCUT2D eigenvalue weighted by Crippen LogP contribution is 2.48. The monoisotopic (exact) mass is 415 g/mol. The number of hydrogen-bond acceptors (Lipinski definition) is 6. The standard InChI is InChI=1S/C20H34NO6P/c1-14(2)17-9-8-10-18(15(3)4)19(17)27-28(23,13-25-7)21-16(5)20(22)26-12-11-24-6/h8-10,14-16H,11-13H2,1-7H3,(H,21,23)/t16-,28?/m0/s1. The summed E-state index contributed by atoms with van der Waals surface area (Å²) in [6, 6.07) is 5.07. The van der Waals surface area contributed by atoms with Crippen LogP contribution < -0.4 is 9.61 Å². The first kappa shape index (κ1) is 24.6. The molecule has 1 rings (SSSR count). The molecule has 7 nitrogen and oxygen atoms in total. The summed E-state index contributed by atoms with van der Waals surface area (Å²) >= 11 is 0. The Balaban J connectivity index is 3.12. The van der Waals surface area contributed by atoms with Crippen molar-refractivity contribution in [1.29, 1.82) is 0 Å². The molecule has 1 aromatic rings. The molecule has 160 valence electrons. The predicted octanol–water partition coefficient (Wildman–Crippen LogP) is 4.28. The number of ether oxygens (including phenoxy) is 3. The third kappa shape index (κ3) is 7.21. The molecule has 0 radical (unpaired) electrons. The van der Waals surface area contributed by atoms with Gasteiger partial charge in [0.1, 0.15) is 24.7 Å². The Morgan fingerprint density at radius 1 is 1.00 bits per heavy atom. The number of para-hydroxylation sites is 1. The Bertz CT molecular complexity index is 650. The molecule has 0 spiro atoms. The molecular formula is C20H34NO6P. The van der Waals surface area contributed by atoms with Gasteiger partial charge >= 0.3 is 13.5 Å². The third-order valence-corrected chi connectivity index (χ3v) is 5.99. The first-order valence-corrected chi connectivity index (χ1v) is 11.3. The molecule has 28 heavy (non-hydrogen) atoms. The molecule has 0 amide bonds. The quantitative estimate of drug-likeness (QED) is 0.310. The molecule has 1 aromatic carbocycles. The van der Waals surface area contributed by atoms with E-state index in [1.54, 1.807) is 6.92 Å². The van der Waals surface area contributed by atoms with E-state index in [-0.39, 0.29) is 24.8 Å². The van der Waals surface area contributed by atoms with Crippen LogP contribution in [0.15, 0.2) is 18.2 Å². The Hall–Kier alpha value is -1.40. The van der Waals surface area contributed by atoms with Crippen LogP contribution in [-0.4, -0.2) is 45.8 Å². The van der Waals surface area contributed by atoms with Crippen molar-refractivity contribution in [3.8, 4) is 5.75 Å². The summed E-state index contributed by atoms with van der Waals surface area (Å²) in [4.78, 5) is 12.1. The number of methoxy groups -OCH3 is 2. The lowest BCUT2D eigenvalue weighted by molar-refractivity contribution is -0.146. The van der Waals surface area contributed by atoms with Gasteiger partial charge in [0.2, 0.25) is 0 Å². The largest absolute Gasteiger partial charge is 0.462 e. The van der Waals surface area contributed by atoms with Crippen LogP contribution in [0.4, 0.5) is 0 Å². The van der Waals surface area contributed by atoms with E-state index < -0.39 is 19.5 Å². The Morgan fingerprint density at radius 2 is 1.57 bits per heavy atom. The second-order valence-electron chi connectivity index (χ2n) is 7.27. The van der Waals surface area contributed by atoms with E-state index in [2.05, 4.69) is 32.8 Å². The number of hydrogen-bond donors (Lipinski definition) is 1. The van der Waals surface area contributed by atoms with Crippen LogP contribution in [0.2, 0.25) is 0 Å². The lowest BCUT2D eigenvalue weighted by atomic mass is 9.94. The molecule has 0 aromatic heterocycles. The number of rotatable bonds is 12. The maximum Gasteiger partial charge on any atom is 0.342 e. The van der Waals surface area contributed by atoms with Crippen molar-refractivity contribution in [3.05, 3.63) is 29.3 Å². The summed E-state index contributed by atoms with van der Waals surface area (Å²) in [6.45, 7) is 10.2. The molecular weight excluding hydrogens is 381 g/mol. The molecule has 1 unspecified atom stereocenters. The van der Waals surface area contributed by atoms with Crippen LogP contribution in [0.25, 0.3) is 0 Å². The lowest BCUT2D eigenvalue weighted by Gasteiger charge is -2.27. The average molecular weight is 415 g/mol. The smallest absolute Gasteiger partial charge is 0.342 e. The van der Waals surface area contributed by atoms with Crippen molar-refractivity contribution in [3.63, 3.8) is 0 Å². The second kappa shape index (κ2) is 11.6. The Kier molecular flexibility index (Phi) is 10.2. The van der Waals surface area contributed by atoms with E-state index in [4.69, 9.17) is 18.7 Å². The molecule has 0 saturated carbocycles. The second-order valence-corrected chi connectivity index (χ2v) is 9.31. The zero-order valence-electron chi connectivity index (χ0n) is 18.0. The van der Waals surface area contributed by atoms with Gasteiger partial charge in [-0.05, 0) is 29.9 Å². The van der Waals surface area contributed by atoms with Gasteiger partial charge in [-0.25, -0.2) is 5.09 Å². The van der Waals surface area contributed by atoms with E-state index in [1.165, 1.54) is 14.2 Å². The molecule has 2 atom stereocenters. The zero-order chi connectivity index (χ0) is 21.3. The van der Waals surface area contributed by atoms with Crippen LogP contribution in [0.1, 0.15) is 57.6 Å². The predicted molar refractivity (Wildman–Crippen MR) is 110 cm³/mol. The van der Waals surface area contributed by atoms with Crippen molar-refractivity contribution >= 4 is 13.5 Å². The minimum Gasteiger partial charge on any atom is -0.462 e. The van der Waals surface area contributed by atoms with Gasteiger partial charge in [0.15, 0.2) is 0 Å².